The molecule has 188 valence electrons. The van der Waals surface area contributed by atoms with Crippen LogP contribution in [0.25, 0.3) is 0 Å². The summed E-state index contributed by atoms with van der Waals surface area (Å²) < 4.78 is 32.5. The van der Waals surface area contributed by atoms with E-state index in [0.717, 1.165) is 12.1 Å². The summed E-state index contributed by atoms with van der Waals surface area (Å²) in [5, 5.41) is -0.0245. The van der Waals surface area contributed by atoms with Gasteiger partial charge in [-0.2, -0.15) is 0 Å². The van der Waals surface area contributed by atoms with Crippen molar-refractivity contribution in [1.29, 1.82) is 0 Å². The van der Waals surface area contributed by atoms with Gasteiger partial charge in [0.05, 0.1) is 29.1 Å². The summed E-state index contributed by atoms with van der Waals surface area (Å²) >= 11 is 6.11. The first kappa shape index (κ1) is 25.1. The number of ether oxygens (including phenoxy) is 1. The lowest BCUT2D eigenvalue weighted by molar-refractivity contribution is -0.127. The smallest absolute Gasteiger partial charge is 0.275 e. The molecule has 0 bridgehead atoms. The lowest BCUT2D eigenvalue weighted by Crippen LogP contribution is -2.47. The van der Waals surface area contributed by atoms with Gasteiger partial charge in [-0.25, -0.2) is 13.8 Å². The van der Waals surface area contributed by atoms with Crippen LogP contribution in [0.5, 0.6) is 0 Å². The summed E-state index contributed by atoms with van der Waals surface area (Å²) in [5.41, 5.74) is 4.74. The van der Waals surface area contributed by atoms with Gasteiger partial charge in [0.25, 0.3) is 11.8 Å². The Bertz CT molecular complexity index is 1150. The lowest BCUT2D eigenvalue weighted by atomic mass is 9.71. The van der Waals surface area contributed by atoms with Gasteiger partial charge in [0.2, 0.25) is 5.91 Å². The zero-order chi connectivity index (χ0) is 25.3. The highest BCUT2D eigenvalue weighted by Gasteiger charge is 2.50. The van der Waals surface area contributed by atoms with Gasteiger partial charge in [-0.15, -0.1) is 0 Å². The number of hydrogen-bond donors (Lipinski definition) is 2. The van der Waals surface area contributed by atoms with E-state index in [1.165, 1.54) is 18.3 Å². The van der Waals surface area contributed by atoms with E-state index in [0.29, 0.717) is 38.6 Å². The molecule has 3 N–H and O–H groups in total. The highest BCUT2D eigenvalue weighted by Crippen LogP contribution is 2.48. The number of rotatable bonds is 7. The number of halogens is 3. The molecule has 9 nitrogen and oxygen atoms in total. The van der Waals surface area contributed by atoms with Crippen molar-refractivity contribution in [2.75, 3.05) is 31.7 Å². The first-order chi connectivity index (χ1) is 16.7. The summed E-state index contributed by atoms with van der Waals surface area (Å²) in [7, 11) is 1.52. The second-order valence-corrected chi connectivity index (χ2v) is 9.32. The van der Waals surface area contributed by atoms with E-state index in [1.807, 2.05) is 0 Å². The minimum Gasteiger partial charge on any atom is -0.383 e. The first-order valence-electron chi connectivity index (χ1n) is 11.3. The molecule has 1 aromatic heterocycles. The molecule has 4 rings (SSSR count). The van der Waals surface area contributed by atoms with Gasteiger partial charge in [-0.3, -0.25) is 14.4 Å². The molecule has 2 fully saturated rings. The van der Waals surface area contributed by atoms with Crippen LogP contribution in [0.4, 0.5) is 14.5 Å². The summed E-state index contributed by atoms with van der Waals surface area (Å²) in [4.78, 5) is 48.0. The fourth-order valence-corrected chi connectivity index (χ4v) is 5.37. The van der Waals surface area contributed by atoms with Crippen LogP contribution in [0.1, 0.15) is 53.1 Å². The number of primary amides is 1. The normalized spacial score (nSPS) is 22.1. The molecule has 12 heteroatoms. The van der Waals surface area contributed by atoms with E-state index in [2.05, 4.69) is 9.97 Å². The molecule has 1 saturated carbocycles. The second kappa shape index (κ2) is 9.90. The highest BCUT2D eigenvalue weighted by atomic mass is 35.5. The number of methoxy groups -OCH3 is 1. The molecule has 0 radical (unpaired) electrons. The van der Waals surface area contributed by atoms with Gasteiger partial charge in [0.1, 0.15) is 5.69 Å². The number of H-pyrrole nitrogens is 1. The van der Waals surface area contributed by atoms with Gasteiger partial charge in [0, 0.05) is 32.3 Å². The Kier molecular flexibility index (Phi) is 7.09. The van der Waals surface area contributed by atoms with E-state index in [4.69, 9.17) is 22.1 Å². The number of aromatic amines is 1. The zero-order valence-corrected chi connectivity index (χ0v) is 19.9. The van der Waals surface area contributed by atoms with Gasteiger partial charge in [0.15, 0.2) is 17.3 Å². The maximum absolute atomic E-state index is 13.8. The quantitative estimate of drug-likeness (QED) is 0.556. The minimum atomic E-state index is -1.07. The minimum absolute atomic E-state index is 0.0245. The predicted octanol–water partition coefficient (Wildman–Crippen LogP) is 2.89. The molecule has 0 unspecified atom stereocenters. The Labute approximate surface area is 205 Å². The van der Waals surface area contributed by atoms with Crippen molar-refractivity contribution in [2.45, 2.75) is 38.1 Å². The highest BCUT2D eigenvalue weighted by molar-refractivity contribution is 6.34. The topological polar surface area (TPSA) is 122 Å². The van der Waals surface area contributed by atoms with Gasteiger partial charge >= 0.3 is 0 Å². The van der Waals surface area contributed by atoms with E-state index < -0.39 is 28.9 Å². The third-order valence-corrected chi connectivity index (χ3v) is 7.33. The van der Waals surface area contributed by atoms with Gasteiger partial charge in [-0.05, 0) is 38.2 Å². The number of nitrogens with one attached hydrogen (secondary N) is 1. The Balaban J connectivity index is 1.50. The van der Waals surface area contributed by atoms with Crippen molar-refractivity contribution in [1.82, 2.24) is 14.9 Å². The van der Waals surface area contributed by atoms with Crippen LogP contribution >= 0.6 is 11.6 Å². The van der Waals surface area contributed by atoms with Crippen LogP contribution in [0.3, 0.4) is 0 Å². The zero-order valence-electron chi connectivity index (χ0n) is 19.2. The fourth-order valence-electron chi connectivity index (χ4n) is 5.12. The van der Waals surface area contributed by atoms with Crippen LogP contribution in [0.15, 0.2) is 18.5 Å². The average molecular weight is 510 g/mol. The molecule has 2 aromatic rings. The number of benzene rings is 1. The molecule has 2 aliphatic rings. The van der Waals surface area contributed by atoms with E-state index >= 15 is 0 Å². The molecule has 1 aromatic carbocycles. The molecular formula is C23H26ClF2N5O4. The van der Waals surface area contributed by atoms with Gasteiger partial charge < -0.3 is 25.3 Å². The summed E-state index contributed by atoms with van der Waals surface area (Å²) in [6.07, 6.45) is 3.88. The number of nitrogens with two attached hydrogens (primary N) is 1. The molecule has 1 aliphatic heterocycles. The molecule has 0 atom stereocenters. The van der Waals surface area contributed by atoms with Crippen LogP contribution < -0.4 is 10.6 Å². The number of amides is 3. The van der Waals surface area contributed by atoms with Crippen molar-refractivity contribution in [3.63, 3.8) is 0 Å². The third kappa shape index (κ3) is 4.62. The first-order valence-corrected chi connectivity index (χ1v) is 11.7. The molecular weight excluding hydrogens is 484 g/mol. The molecule has 1 aliphatic carbocycles. The van der Waals surface area contributed by atoms with E-state index in [-0.39, 0.29) is 47.2 Å². The number of hydrogen-bond acceptors (Lipinski definition) is 5. The van der Waals surface area contributed by atoms with Crippen molar-refractivity contribution in [3.8, 4) is 0 Å². The third-order valence-electron chi connectivity index (χ3n) is 7.03. The standard InChI is InChI=1S/C23H26ClF2N5O4/c1-35-9-8-30(21(33)19-18(20(27)32)28-12-29-19)13-2-4-23(5-3-13)6-7-31(22(23)34)17-11-16(26)15(25)10-14(17)24/h10-13H,2-9H2,1H3,(H2,27,32)(H,28,29)/t13-,23-. The number of carbonyl (C=O) groups is 3. The average Bonchev–Trinajstić information content (AvgIpc) is 3.44. The molecule has 2 heterocycles. The Morgan fingerprint density at radius 3 is 2.63 bits per heavy atom. The molecule has 1 saturated heterocycles. The van der Waals surface area contributed by atoms with Gasteiger partial charge in [-0.1, -0.05) is 11.6 Å². The maximum Gasteiger partial charge on any atom is 0.275 e. The lowest BCUT2D eigenvalue weighted by Gasteiger charge is -2.40. The summed E-state index contributed by atoms with van der Waals surface area (Å²) in [5.74, 6) is -3.54. The van der Waals surface area contributed by atoms with Crippen LogP contribution in [0, 0.1) is 17.0 Å². The second-order valence-electron chi connectivity index (χ2n) is 8.92. The Morgan fingerprint density at radius 1 is 1.29 bits per heavy atom. The van der Waals surface area contributed by atoms with Crippen molar-refractivity contribution in [3.05, 3.63) is 46.5 Å². The molecule has 1 spiro atoms. The van der Waals surface area contributed by atoms with Crippen molar-refractivity contribution >= 4 is 35.0 Å². The Morgan fingerprint density at radius 2 is 1.97 bits per heavy atom. The van der Waals surface area contributed by atoms with Crippen LogP contribution in [0.2, 0.25) is 5.02 Å². The number of carbonyl (C=O) groups excluding carboxylic acids is 3. The summed E-state index contributed by atoms with van der Waals surface area (Å²) in [6, 6.07) is 1.62. The Hall–Kier alpha value is -3.05. The maximum atomic E-state index is 13.8. The molecule has 3 amide bonds. The largest absolute Gasteiger partial charge is 0.383 e. The van der Waals surface area contributed by atoms with E-state index in [9.17, 15) is 23.2 Å². The van der Waals surface area contributed by atoms with Crippen LogP contribution in [-0.4, -0.2) is 65.4 Å². The number of anilines is 1. The number of nitrogens with zero attached hydrogens (tertiary/aromatic N) is 3. The van der Waals surface area contributed by atoms with Crippen molar-refractivity contribution < 1.29 is 27.9 Å². The predicted molar refractivity (Wildman–Crippen MR) is 123 cm³/mol. The monoisotopic (exact) mass is 509 g/mol. The van der Waals surface area contributed by atoms with Crippen LogP contribution in [-0.2, 0) is 9.53 Å². The fraction of sp³-hybridized carbons (Fsp3) is 0.478. The van der Waals surface area contributed by atoms with Crippen molar-refractivity contribution in [2.24, 2.45) is 11.1 Å². The molecule has 35 heavy (non-hydrogen) atoms. The number of imidazole rings is 1. The number of aromatic nitrogens is 2. The van der Waals surface area contributed by atoms with E-state index in [1.54, 1.807) is 4.90 Å². The summed E-state index contributed by atoms with van der Waals surface area (Å²) in [6.45, 7) is 0.906. The SMILES string of the molecule is COCCN(C(=O)c1nc[nH]c1C(N)=O)[C@H]1CC[C@@]2(CCN(c3cc(F)c(F)cc3Cl)C2=O)CC1.